The van der Waals surface area contributed by atoms with Gasteiger partial charge in [-0.1, -0.05) is 13.8 Å². The van der Waals surface area contributed by atoms with Gasteiger partial charge in [0.05, 0.1) is 6.61 Å². The minimum absolute atomic E-state index is 0.503. The molecule has 14 heavy (non-hydrogen) atoms. The molecule has 0 aliphatic heterocycles. The molecule has 0 aliphatic rings. The SMILES string of the molecule is COCCOc1cc(C(C)C)ccn1. The van der Waals surface area contributed by atoms with Crippen LogP contribution in [0.2, 0.25) is 0 Å². The monoisotopic (exact) mass is 195 g/mol. The maximum absolute atomic E-state index is 5.40. The van der Waals surface area contributed by atoms with E-state index in [-0.39, 0.29) is 0 Å². The van der Waals surface area contributed by atoms with Crippen LogP contribution in [0.25, 0.3) is 0 Å². The lowest BCUT2D eigenvalue weighted by molar-refractivity contribution is 0.143. The van der Waals surface area contributed by atoms with Crippen LogP contribution in [0.1, 0.15) is 25.3 Å². The maximum atomic E-state index is 5.40. The summed E-state index contributed by atoms with van der Waals surface area (Å²) in [4.78, 5) is 4.12. The number of hydrogen-bond donors (Lipinski definition) is 0. The summed E-state index contributed by atoms with van der Waals surface area (Å²) in [5.41, 5.74) is 1.24. The molecule has 0 fully saturated rings. The zero-order valence-corrected chi connectivity index (χ0v) is 8.99. The van der Waals surface area contributed by atoms with Crippen LogP contribution in [0, 0.1) is 0 Å². The predicted molar refractivity (Wildman–Crippen MR) is 55.7 cm³/mol. The van der Waals surface area contributed by atoms with Crippen molar-refractivity contribution in [3.8, 4) is 5.88 Å². The van der Waals surface area contributed by atoms with E-state index < -0.39 is 0 Å². The van der Waals surface area contributed by atoms with Crippen molar-refractivity contribution in [1.29, 1.82) is 0 Å². The van der Waals surface area contributed by atoms with Crippen molar-refractivity contribution < 1.29 is 9.47 Å². The molecule has 78 valence electrons. The molecule has 0 N–H and O–H groups in total. The third-order valence-electron chi connectivity index (χ3n) is 1.96. The van der Waals surface area contributed by atoms with Gasteiger partial charge in [-0.2, -0.15) is 0 Å². The highest BCUT2D eigenvalue weighted by molar-refractivity contribution is 5.22. The molecule has 0 aliphatic carbocycles. The number of rotatable bonds is 5. The summed E-state index contributed by atoms with van der Waals surface area (Å²) >= 11 is 0. The Balaban J connectivity index is 2.55. The number of pyridine rings is 1. The number of aromatic nitrogens is 1. The lowest BCUT2D eigenvalue weighted by Gasteiger charge is -2.08. The van der Waals surface area contributed by atoms with Gasteiger partial charge in [-0.15, -0.1) is 0 Å². The van der Waals surface area contributed by atoms with Crippen LogP contribution in [0.3, 0.4) is 0 Å². The molecule has 0 saturated carbocycles. The Labute approximate surface area is 85.1 Å². The molecular weight excluding hydrogens is 178 g/mol. The van der Waals surface area contributed by atoms with E-state index in [2.05, 4.69) is 18.8 Å². The molecule has 0 saturated heterocycles. The summed E-state index contributed by atoms with van der Waals surface area (Å²) in [6, 6.07) is 3.98. The summed E-state index contributed by atoms with van der Waals surface area (Å²) in [6.07, 6.45) is 1.78. The van der Waals surface area contributed by atoms with Crippen LogP contribution in [-0.2, 0) is 4.74 Å². The van der Waals surface area contributed by atoms with Gasteiger partial charge in [0, 0.05) is 19.4 Å². The maximum Gasteiger partial charge on any atom is 0.213 e. The molecular formula is C11H17NO2. The molecule has 3 heteroatoms. The summed E-state index contributed by atoms with van der Waals surface area (Å²) < 4.78 is 10.3. The van der Waals surface area contributed by atoms with E-state index in [1.807, 2.05) is 12.1 Å². The van der Waals surface area contributed by atoms with Crippen LogP contribution in [-0.4, -0.2) is 25.3 Å². The van der Waals surface area contributed by atoms with Gasteiger partial charge in [-0.25, -0.2) is 4.98 Å². The van der Waals surface area contributed by atoms with Gasteiger partial charge in [-0.05, 0) is 17.5 Å². The Morgan fingerprint density at radius 1 is 1.36 bits per heavy atom. The van der Waals surface area contributed by atoms with Crippen LogP contribution >= 0.6 is 0 Å². The van der Waals surface area contributed by atoms with Crippen molar-refractivity contribution in [2.75, 3.05) is 20.3 Å². The molecule has 1 aromatic heterocycles. The fourth-order valence-corrected chi connectivity index (χ4v) is 1.09. The van der Waals surface area contributed by atoms with Crippen LogP contribution in [0.15, 0.2) is 18.3 Å². The van der Waals surface area contributed by atoms with Gasteiger partial charge >= 0.3 is 0 Å². The van der Waals surface area contributed by atoms with Gasteiger partial charge in [0.25, 0.3) is 0 Å². The average molecular weight is 195 g/mol. The first kappa shape index (κ1) is 11.0. The van der Waals surface area contributed by atoms with E-state index in [0.717, 1.165) is 0 Å². The molecule has 0 bridgehead atoms. The van der Waals surface area contributed by atoms with Crippen molar-refractivity contribution in [3.05, 3.63) is 23.9 Å². The van der Waals surface area contributed by atoms with Crippen LogP contribution < -0.4 is 4.74 Å². The number of ether oxygens (including phenoxy) is 2. The number of nitrogens with zero attached hydrogens (tertiary/aromatic N) is 1. The second kappa shape index (κ2) is 5.60. The Morgan fingerprint density at radius 3 is 2.79 bits per heavy atom. The van der Waals surface area contributed by atoms with Crippen molar-refractivity contribution in [3.63, 3.8) is 0 Å². The van der Waals surface area contributed by atoms with E-state index >= 15 is 0 Å². The molecule has 0 aromatic carbocycles. The molecule has 3 nitrogen and oxygen atoms in total. The summed E-state index contributed by atoms with van der Waals surface area (Å²) in [5.74, 6) is 1.18. The molecule has 1 heterocycles. The zero-order chi connectivity index (χ0) is 10.4. The number of methoxy groups -OCH3 is 1. The predicted octanol–water partition coefficient (Wildman–Crippen LogP) is 2.23. The molecule has 0 amide bonds. The van der Waals surface area contributed by atoms with Crippen molar-refractivity contribution in [2.45, 2.75) is 19.8 Å². The fraction of sp³-hybridized carbons (Fsp3) is 0.545. The lowest BCUT2D eigenvalue weighted by Crippen LogP contribution is -2.05. The highest BCUT2D eigenvalue weighted by atomic mass is 16.5. The molecule has 0 spiro atoms. The first-order valence-electron chi connectivity index (χ1n) is 4.81. The van der Waals surface area contributed by atoms with Crippen LogP contribution in [0.5, 0.6) is 5.88 Å². The van der Waals surface area contributed by atoms with E-state index in [0.29, 0.717) is 25.0 Å². The van der Waals surface area contributed by atoms with Gasteiger partial charge in [0.15, 0.2) is 0 Å². The van der Waals surface area contributed by atoms with Gasteiger partial charge < -0.3 is 9.47 Å². The van der Waals surface area contributed by atoms with E-state index in [4.69, 9.17) is 9.47 Å². The van der Waals surface area contributed by atoms with Gasteiger partial charge in [0.1, 0.15) is 6.61 Å². The molecule has 1 aromatic rings. The Kier molecular flexibility index (Phi) is 4.40. The van der Waals surface area contributed by atoms with E-state index in [9.17, 15) is 0 Å². The fourth-order valence-electron chi connectivity index (χ4n) is 1.09. The van der Waals surface area contributed by atoms with E-state index in [1.54, 1.807) is 13.3 Å². The van der Waals surface area contributed by atoms with E-state index in [1.165, 1.54) is 5.56 Å². The molecule has 0 unspecified atom stereocenters. The standard InChI is InChI=1S/C11H17NO2/c1-9(2)10-4-5-12-11(8-10)14-7-6-13-3/h4-5,8-9H,6-7H2,1-3H3. The van der Waals surface area contributed by atoms with Gasteiger partial charge in [0.2, 0.25) is 5.88 Å². The van der Waals surface area contributed by atoms with Crippen LogP contribution in [0.4, 0.5) is 0 Å². The Bertz CT molecular complexity index is 274. The van der Waals surface area contributed by atoms with Crippen molar-refractivity contribution in [2.24, 2.45) is 0 Å². The minimum Gasteiger partial charge on any atom is -0.475 e. The van der Waals surface area contributed by atoms with Crippen molar-refractivity contribution >= 4 is 0 Å². The largest absolute Gasteiger partial charge is 0.475 e. The first-order valence-corrected chi connectivity index (χ1v) is 4.81. The Morgan fingerprint density at radius 2 is 2.14 bits per heavy atom. The van der Waals surface area contributed by atoms with Gasteiger partial charge in [-0.3, -0.25) is 0 Å². The summed E-state index contributed by atoms with van der Waals surface area (Å²) in [5, 5.41) is 0. The highest BCUT2D eigenvalue weighted by Gasteiger charge is 2.01. The quantitative estimate of drug-likeness (QED) is 0.675. The van der Waals surface area contributed by atoms with Crippen molar-refractivity contribution in [1.82, 2.24) is 4.98 Å². The second-order valence-corrected chi connectivity index (χ2v) is 3.42. The smallest absolute Gasteiger partial charge is 0.213 e. The Hall–Kier alpha value is -1.09. The normalized spacial score (nSPS) is 10.6. The third-order valence-corrected chi connectivity index (χ3v) is 1.96. The molecule has 1 rings (SSSR count). The zero-order valence-electron chi connectivity index (χ0n) is 8.99. The average Bonchev–Trinajstić information content (AvgIpc) is 2.19. The molecule has 0 atom stereocenters. The highest BCUT2D eigenvalue weighted by Crippen LogP contribution is 2.17. The number of hydrogen-bond acceptors (Lipinski definition) is 3. The molecule has 0 radical (unpaired) electrons. The third kappa shape index (κ3) is 3.34. The summed E-state index contributed by atoms with van der Waals surface area (Å²) in [6.45, 7) is 5.43. The second-order valence-electron chi connectivity index (χ2n) is 3.42. The summed E-state index contributed by atoms with van der Waals surface area (Å²) in [7, 11) is 1.65. The topological polar surface area (TPSA) is 31.4 Å². The minimum atomic E-state index is 0.503. The lowest BCUT2D eigenvalue weighted by atomic mass is 10.1. The first-order chi connectivity index (χ1) is 6.74.